The van der Waals surface area contributed by atoms with Crippen molar-refractivity contribution in [3.05, 3.63) is 11.6 Å². The van der Waals surface area contributed by atoms with E-state index in [0.717, 1.165) is 25.7 Å². The number of nitrogens with zero attached hydrogens (tertiary/aromatic N) is 1. The lowest BCUT2D eigenvalue weighted by Gasteiger charge is -2.22. The molecule has 6 heteroatoms. The molecule has 21 heavy (non-hydrogen) atoms. The molecule has 0 saturated carbocycles. The summed E-state index contributed by atoms with van der Waals surface area (Å²) in [6.07, 6.45) is 10.2. The van der Waals surface area contributed by atoms with Crippen LogP contribution in [0.4, 0.5) is 0 Å². The fraction of sp³-hybridized carbons (Fsp3) is 0.800. The van der Waals surface area contributed by atoms with E-state index in [1.165, 1.54) is 29.0 Å². The molecule has 0 heterocycles. The van der Waals surface area contributed by atoms with Crippen molar-refractivity contribution in [2.45, 2.75) is 51.9 Å². The van der Waals surface area contributed by atoms with Crippen LogP contribution in [-0.4, -0.2) is 44.5 Å². The Morgan fingerprint density at radius 2 is 2.10 bits per heavy atom. The van der Waals surface area contributed by atoms with Crippen molar-refractivity contribution in [2.75, 3.05) is 25.9 Å². The summed E-state index contributed by atoms with van der Waals surface area (Å²) in [5.41, 5.74) is 1.37. The Labute approximate surface area is 128 Å². The van der Waals surface area contributed by atoms with Crippen LogP contribution in [0.25, 0.3) is 0 Å². The number of sulfonamides is 1. The highest BCUT2D eigenvalue weighted by atomic mass is 32.2. The Morgan fingerprint density at radius 1 is 1.33 bits per heavy atom. The number of nitrogens with one attached hydrogen (secondary N) is 1. The molecule has 0 aromatic heterocycles. The summed E-state index contributed by atoms with van der Waals surface area (Å²) >= 11 is 0. The quantitative estimate of drug-likeness (QED) is 0.662. The lowest BCUT2D eigenvalue weighted by atomic mass is 9.97. The van der Waals surface area contributed by atoms with E-state index in [1.807, 2.05) is 6.92 Å². The predicted molar refractivity (Wildman–Crippen MR) is 85.5 cm³/mol. The molecule has 5 nitrogen and oxygen atoms in total. The minimum atomic E-state index is -3.22. The first-order valence-corrected chi connectivity index (χ1v) is 9.68. The molecule has 1 rings (SSSR count). The van der Waals surface area contributed by atoms with Gasteiger partial charge in [0.2, 0.25) is 15.9 Å². The van der Waals surface area contributed by atoms with Gasteiger partial charge in [-0.3, -0.25) is 4.79 Å². The first-order valence-electron chi connectivity index (χ1n) is 7.83. The fourth-order valence-electron chi connectivity index (χ4n) is 2.48. The average molecular weight is 316 g/mol. The molecule has 122 valence electrons. The average Bonchev–Trinajstić information content (AvgIpc) is 2.42. The van der Waals surface area contributed by atoms with E-state index >= 15 is 0 Å². The highest BCUT2D eigenvalue weighted by molar-refractivity contribution is 7.88. The smallest absolute Gasteiger partial charge is 0.220 e. The second kappa shape index (κ2) is 9.20. The van der Waals surface area contributed by atoms with Gasteiger partial charge in [-0.05, 0) is 38.5 Å². The summed E-state index contributed by atoms with van der Waals surface area (Å²) in [5, 5.41) is 2.76. The van der Waals surface area contributed by atoms with Crippen molar-refractivity contribution < 1.29 is 13.2 Å². The maximum absolute atomic E-state index is 11.8. The molecule has 0 spiro atoms. The van der Waals surface area contributed by atoms with Gasteiger partial charge in [-0.1, -0.05) is 18.6 Å². The third-order valence-corrected chi connectivity index (χ3v) is 5.00. The monoisotopic (exact) mass is 316 g/mol. The largest absolute Gasteiger partial charge is 0.355 e. The van der Waals surface area contributed by atoms with Crippen molar-refractivity contribution >= 4 is 15.9 Å². The summed E-state index contributed by atoms with van der Waals surface area (Å²) in [5.74, 6) is -0.0130. The molecule has 1 N–H and O–H groups in total. The van der Waals surface area contributed by atoms with Gasteiger partial charge in [-0.2, -0.15) is 0 Å². The molecule has 0 aromatic rings. The summed E-state index contributed by atoms with van der Waals surface area (Å²) in [7, 11) is -3.22. The summed E-state index contributed by atoms with van der Waals surface area (Å²) < 4.78 is 25.1. The molecule has 0 atom stereocenters. The molecule has 1 aliphatic carbocycles. The van der Waals surface area contributed by atoms with Crippen molar-refractivity contribution in [2.24, 2.45) is 0 Å². The van der Waals surface area contributed by atoms with E-state index in [2.05, 4.69) is 11.4 Å². The SMILES string of the molecule is CCCC(=O)NCCN(CCC1=CCCCC1)S(C)(=O)=O. The Balaban J connectivity index is 2.41. The molecule has 0 bridgehead atoms. The number of rotatable bonds is 9. The highest BCUT2D eigenvalue weighted by Gasteiger charge is 2.17. The van der Waals surface area contributed by atoms with Crippen LogP contribution in [0.5, 0.6) is 0 Å². The summed E-state index contributed by atoms with van der Waals surface area (Å²) in [6.45, 7) is 3.18. The maximum atomic E-state index is 11.8. The normalized spacial score (nSPS) is 15.9. The number of hydrogen-bond donors (Lipinski definition) is 1. The van der Waals surface area contributed by atoms with Crippen LogP contribution in [0.15, 0.2) is 11.6 Å². The van der Waals surface area contributed by atoms with E-state index in [9.17, 15) is 13.2 Å². The van der Waals surface area contributed by atoms with Gasteiger partial charge in [0.15, 0.2) is 0 Å². The third-order valence-electron chi connectivity index (χ3n) is 3.70. The molecule has 0 unspecified atom stereocenters. The molecule has 1 aliphatic rings. The minimum Gasteiger partial charge on any atom is -0.355 e. The van der Waals surface area contributed by atoms with E-state index in [-0.39, 0.29) is 5.91 Å². The molecular formula is C15H28N2O3S. The van der Waals surface area contributed by atoms with Crippen LogP contribution in [0.1, 0.15) is 51.9 Å². The van der Waals surface area contributed by atoms with E-state index < -0.39 is 10.0 Å². The van der Waals surface area contributed by atoms with Crippen LogP contribution < -0.4 is 5.32 Å². The Kier molecular flexibility index (Phi) is 7.96. The van der Waals surface area contributed by atoms with Gasteiger partial charge in [0.05, 0.1) is 6.26 Å². The van der Waals surface area contributed by atoms with Crippen molar-refractivity contribution in [3.63, 3.8) is 0 Å². The first kappa shape index (κ1) is 18.2. The zero-order chi connectivity index (χ0) is 15.7. The zero-order valence-electron chi connectivity index (χ0n) is 13.2. The van der Waals surface area contributed by atoms with Crippen LogP contribution in [0, 0.1) is 0 Å². The molecule has 0 radical (unpaired) electrons. The highest BCUT2D eigenvalue weighted by Crippen LogP contribution is 2.20. The Bertz CT molecular complexity index is 458. The second-order valence-corrected chi connectivity index (χ2v) is 7.60. The van der Waals surface area contributed by atoms with Gasteiger partial charge in [0, 0.05) is 26.1 Å². The van der Waals surface area contributed by atoms with Crippen LogP contribution >= 0.6 is 0 Å². The fourth-order valence-corrected chi connectivity index (χ4v) is 3.32. The van der Waals surface area contributed by atoms with Crippen molar-refractivity contribution in [3.8, 4) is 0 Å². The van der Waals surface area contributed by atoms with Gasteiger partial charge < -0.3 is 5.32 Å². The van der Waals surface area contributed by atoms with Gasteiger partial charge in [-0.15, -0.1) is 0 Å². The van der Waals surface area contributed by atoms with Crippen LogP contribution in [0.2, 0.25) is 0 Å². The van der Waals surface area contributed by atoms with Gasteiger partial charge >= 0.3 is 0 Å². The number of allylic oxidation sites excluding steroid dienone is 1. The third kappa shape index (κ3) is 7.62. The van der Waals surface area contributed by atoms with Crippen LogP contribution in [0.3, 0.4) is 0 Å². The van der Waals surface area contributed by atoms with Gasteiger partial charge in [0.1, 0.15) is 0 Å². The molecular weight excluding hydrogens is 288 g/mol. The molecule has 1 amide bonds. The lowest BCUT2D eigenvalue weighted by Crippen LogP contribution is -2.38. The Morgan fingerprint density at radius 3 is 2.67 bits per heavy atom. The lowest BCUT2D eigenvalue weighted by molar-refractivity contribution is -0.121. The second-order valence-electron chi connectivity index (χ2n) is 5.62. The Hall–Kier alpha value is -0.880. The first-order chi connectivity index (χ1) is 9.93. The summed E-state index contributed by atoms with van der Waals surface area (Å²) in [6, 6.07) is 0. The van der Waals surface area contributed by atoms with Crippen LogP contribution in [-0.2, 0) is 14.8 Å². The number of carbonyl (C=O) groups excluding carboxylic acids is 1. The minimum absolute atomic E-state index is 0.0130. The van der Waals surface area contributed by atoms with E-state index in [0.29, 0.717) is 26.1 Å². The van der Waals surface area contributed by atoms with E-state index in [1.54, 1.807) is 0 Å². The molecule has 0 fully saturated rings. The van der Waals surface area contributed by atoms with Gasteiger partial charge in [-0.25, -0.2) is 12.7 Å². The van der Waals surface area contributed by atoms with Crippen molar-refractivity contribution in [1.82, 2.24) is 9.62 Å². The number of amides is 1. The molecule has 0 aliphatic heterocycles. The number of hydrogen-bond acceptors (Lipinski definition) is 3. The standard InChI is InChI=1S/C15H28N2O3S/c1-3-7-15(18)16-11-13-17(21(2,19)20)12-10-14-8-5-4-6-9-14/h8H,3-7,9-13H2,1-2H3,(H,16,18). The topological polar surface area (TPSA) is 66.5 Å². The zero-order valence-corrected chi connectivity index (χ0v) is 14.0. The molecule has 0 saturated heterocycles. The molecule has 0 aromatic carbocycles. The number of carbonyl (C=O) groups is 1. The van der Waals surface area contributed by atoms with E-state index in [4.69, 9.17) is 0 Å². The maximum Gasteiger partial charge on any atom is 0.220 e. The van der Waals surface area contributed by atoms with Gasteiger partial charge in [0.25, 0.3) is 0 Å². The summed E-state index contributed by atoms with van der Waals surface area (Å²) in [4.78, 5) is 11.4. The predicted octanol–water partition coefficient (Wildman–Crippen LogP) is 2.05. The van der Waals surface area contributed by atoms with Crippen molar-refractivity contribution in [1.29, 1.82) is 0 Å².